The maximum atomic E-state index is 11.5. The van der Waals surface area contributed by atoms with E-state index in [2.05, 4.69) is 29.2 Å². The second kappa shape index (κ2) is 13.7. The molecule has 0 spiro atoms. The van der Waals surface area contributed by atoms with Crippen LogP contribution in [0.5, 0.6) is 11.6 Å². The van der Waals surface area contributed by atoms with Gasteiger partial charge in [0.1, 0.15) is 18.2 Å². The minimum absolute atomic E-state index is 0.237. The third-order valence-corrected chi connectivity index (χ3v) is 8.66. The number of carbonyl (C=O) groups is 1. The number of fused-ring (bicyclic) bond motifs is 7. The summed E-state index contributed by atoms with van der Waals surface area (Å²) in [6, 6.07) is 23.3. The van der Waals surface area contributed by atoms with Crippen molar-refractivity contribution in [2.45, 2.75) is 39.2 Å². The molecule has 0 radical (unpaired) electrons. The average Bonchev–Trinajstić information content (AvgIpc) is 3.64. The van der Waals surface area contributed by atoms with Crippen molar-refractivity contribution in [3.8, 4) is 28.6 Å². The molecule has 10 nitrogen and oxygen atoms in total. The molecule has 3 aromatic carbocycles. The van der Waals surface area contributed by atoms with Crippen molar-refractivity contribution >= 4 is 17.0 Å². The molecule has 1 N–H and O–H groups in total. The zero-order chi connectivity index (χ0) is 33.0. The molecule has 3 aromatic heterocycles. The topological polar surface area (TPSA) is 114 Å². The number of carboxylic acids is 1. The van der Waals surface area contributed by atoms with Crippen LogP contribution in [0.4, 0.5) is 0 Å². The third kappa shape index (κ3) is 6.79. The summed E-state index contributed by atoms with van der Waals surface area (Å²) >= 11 is 0. The summed E-state index contributed by atoms with van der Waals surface area (Å²) in [6.45, 7) is 4.94. The van der Waals surface area contributed by atoms with Gasteiger partial charge >= 0.3 is 5.97 Å². The number of aryl methyl sites for hydroxylation is 3. The second-order valence-corrected chi connectivity index (χ2v) is 12.0. The fraction of sp³-hybridized carbons (Fsp3) is 0.263. The number of aromatic carboxylic acids is 1. The van der Waals surface area contributed by atoms with E-state index in [1.165, 1.54) is 12.0 Å². The highest BCUT2D eigenvalue weighted by Gasteiger charge is 2.16. The average molecular weight is 644 g/mol. The van der Waals surface area contributed by atoms with E-state index >= 15 is 0 Å². The number of benzene rings is 3. The minimum atomic E-state index is -0.959. The summed E-state index contributed by atoms with van der Waals surface area (Å²) in [5, 5.41) is 9.45. The Bertz CT molecular complexity index is 2090. The number of hydrogen-bond donors (Lipinski definition) is 1. The molecule has 0 amide bonds. The Morgan fingerprint density at radius 3 is 2.54 bits per heavy atom. The first-order valence-electron chi connectivity index (χ1n) is 16.2. The normalized spacial score (nSPS) is 14.0. The van der Waals surface area contributed by atoms with E-state index in [1.807, 2.05) is 66.0 Å². The van der Waals surface area contributed by atoms with E-state index < -0.39 is 5.97 Å². The van der Waals surface area contributed by atoms with Crippen LogP contribution in [0.25, 0.3) is 28.0 Å². The van der Waals surface area contributed by atoms with E-state index in [1.54, 1.807) is 18.2 Å². The number of imidazole rings is 2. The number of carboxylic acid groups (broad SMARTS) is 1. The Morgan fingerprint density at radius 1 is 0.917 bits per heavy atom. The van der Waals surface area contributed by atoms with Crippen molar-refractivity contribution in [1.29, 1.82) is 0 Å². The first-order chi connectivity index (χ1) is 23.4. The Hall–Kier alpha value is -5.48. The van der Waals surface area contributed by atoms with E-state index in [-0.39, 0.29) is 5.56 Å². The lowest BCUT2D eigenvalue weighted by atomic mass is 10.0. The molecule has 48 heavy (non-hydrogen) atoms. The van der Waals surface area contributed by atoms with Crippen molar-refractivity contribution in [3.63, 3.8) is 0 Å². The lowest BCUT2D eigenvalue weighted by Crippen LogP contribution is -2.09. The van der Waals surface area contributed by atoms with E-state index in [0.717, 1.165) is 82.4 Å². The predicted molar refractivity (Wildman–Crippen MR) is 182 cm³/mol. The van der Waals surface area contributed by atoms with Gasteiger partial charge in [0.15, 0.2) is 0 Å². The van der Waals surface area contributed by atoms with Gasteiger partial charge in [-0.2, -0.15) is 0 Å². The number of ether oxygens (including phenoxy) is 3. The van der Waals surface area contributed by atoms with E-state index in [4.69, 9.17) is 24.2 Å². The van der Waals surface area contributed by atoms with Crippen molar-refractivity contribution in [3.05, 3.63) is 119 Å². The molecule has 6 aromatic rings. The van der Waals surface area contributed by atoms with Crippen LogP contribution in [0.15, 0.2) is 85.3 Å². The molecule has 0 aliphatic carbocycles. The van der Waals surface area contributed by atoms with Gasteiger partial charge in [0.2, 0.25) is 5.88 Å². The Kier molecular flexibility index (Phi) is 8.89. The highest BCUT2D eigenvalue weighted by atomic mass is 16.5. The van der Waals surface area contributed by atoms with Crippen LogP contribution in [0, 0.1) is 6.92 Å². The fourth-order valence-electron chi connectivity index (χ4n) is 5.80. The molecule has 1 fully saturated rings. The lowest BCUT2D eigenvalue weighted by molar-refractivity contribution is 0.0367. The largest absolute Gasteiger partial charge is 0.493 e. The van der Waals surface area contributed by atoms with Gasteiger partial charge < -0.3 is 28.5 Å². The number of hydrogen-bond acceptors (Lipinski definition) is 7. The number of nitrogens with zero attached hydrogens (tertiary/aromatic N) is 5. The van der Waals surface area contributed by atoms with Crippen molar-refractivity contribution in [1.82, 2.24) is 24.1 Å². The standard InChI is InChI=1S/C35H31N5O4.C3H6O/c1-22-19-40(21-36-22)28-12-10-27-20-44-34-7-3-6-29(38-34)24-8-9-25(32(17-24)43-14-4-5-23(27)15-28)18-33-37-30-13-11-26(35(41)42)16-31(30)39(33)2;1-2-4-3-1/h3,6-13,15-17,19,21H,4-5,14,18,20H2,1-2H3,(H,41,42);1-3H2. The SMILES string of the molecule is C1COC1.Cc1cn(-c2ccc3c(c2)CCCOc2cc(ccc2Cc2nc4ccc(C(=O)O)cc4n2C)-c2cccc(n2)OC3)cn1. The zero-order valence-electron chi connectivity index (χ0n) is 27.1. The summed E-state index contributed by atoms with van der Waals surface area (Å²) in [6.07, 6.45) is 7.29. The number of pyridine rings is 1. The van der Waals surface area contributed by atoms with Crippen LogP contribution < -0.4 is 9.47 Å². The van der Waals surface area contributed by atoms with Crippen molar-refractivity contribution in [2.75, 3.05) is 19.8 Å². The van der Waals surface area contributed by atoms with Gasteiger partial charge in [-0.3, -0.25) is 0 Å². The van der Waals surface area contributed by atoms with E-state index in [9.17, 15) is 9.90 Å². The minimum Gasteiger partial charge on any atom is -0.493 e. The molecule has 0 atom stereocenters. The smallest absolute Gasteiger partial charge is 0.335 e. The lowest BCUT2D eigenvalue weighted by Gasteiger charge is -2.17. The molecular formula is C38H37N5O5. The van der Waals surface area contributed by atoms with Gasteiger partial charge in [0.25, 0.3) is 0 Å². The van der Waals surface area contributed by atoms with Crippen molar-refractivity contribution < 1.29 is 24.1 Å². The van der Waals surface area contributed by atoms with Gasteiger partial charge in [0.05, 0.1) is 40.9 Å². The molecule has 4 bridgehead atoms. The zero-order valence-corrected chi connectivity index (χ0v) is 27.1. The molecule has 0 unspecified atom stereocenters. The Balaban J connectivity index is 0.000000850. The van der Waals surface area contributed by atoms with Gasteiger partial charge in [-0.15, -0.1) is 0 Å². The van der Waals surface area contributed by atoms with E-state index in [0.29, 0.717) is 25.5 Å². The highest BCUT2D eigenvalue weighted by Crippen LogP contribution is 2.31. The molecule has 0 saturated carbocycles. The van der Waals surface area contributed by atoms with Gasteiger partial charge in [-0.1, -0.05) is 24.3 Å². The monoisotopic (exact) mass is 643 g/mol. The number of rotatable bonds is 4. The molecule has 2 aliphatic rings. The predicted octanol–water partition coefficient (Wildman–Crippen LogP) is 6.73. The molecule has 1 saturated heterocycles. The fourth-order valence-corrected chi connectivity index (χ4v) is 5.80. The van der Waals surface area contributed by atoms with Crippen LogP contribution in [0.3, 0.4) is 0 Å². The Labute approximate surface area is 278 Å². The van der Waals surface area contributed by atoms with Crippen LogP contribution in [-0.2, 0) is 31.2 Å². The maximum Gasteiger partial charge on any atom is 0.335 e. The quantitative estimate of drug-likeness (QED) is 0.225. The van der Waals surface area contributed by atoms with Crippen LogP contribution in [-0.4, -0.2) is 55.0 Å². The maximum absolute atomic E-state index is 11.5. The molecule has 2 aliphatic heterocycles. The summed E-state index contributed by atoms with van der Waals surface area (Å²) in [7, 11) is 1.91. The van der Waals surface area contributed by atoms with Crippen molar-refractivity contribution in [2.24, 2.45) is 7.05 Å². The molecular weight excluding hydrogens is 606 g/mol. The summed E-state index contributed by atoms with van der Waals surface area (Å²) in [5.41, 5.74) is 8.82. The highest BCUT2D eigenvalue weighted by molar-refractivity contribution is 5.92. The number of aromatic nitrogens is 5. The molecule has 5 heterocycles. The Morgan fingerprint density at radius 2 is 1.77 bits per heavy atom. The first kappa shape index (κ1) is 31.1. The molecule has 244 valence electrons. The first-order valence-corrected chi connectivity index (χ1v) is 16.2. The summed E-state index contributed by atoms with van der Waals surface area (Å²) < 4.78 is 21.4. The summed E-state index contributed by atoms with van der Waals surface area (Å²) in [4.78, 5) is 25.5. The molecule has 8 rings (SSSR count). The second-order valence-electron chi connectivity index (χ2n) is 12.0. The molecule has 10 heteroatoms. The van der Waals surface area contributed by atoms with Gasteiger partial charge in [0, 0.05) is 55.8 Å². The van der Waals surface area contributed by atoms with Crippen LogP contribution in [0.1, 0.15) is 51.4 Å². The summed E-state index contributed by atoms with van der Waals surface area (Å²) in [5.74, 6) is 1.19. The third-order valence-electron chi connectivity index (χ3n) is 8.66. The van der Waals surface area contributed by atoms with Gasteiger partial charge in [-0.25, -0.2) is 19.7 Å². The van der Waals surface area contributed by atoms with Crippen LogP contribution in [0.2, 0.25) is 0 Å². The van der Waals surface area contributed by atoms with Gasteiger partial charge in [-0.05, 0) is 79.8 Å². The van der Waals surface area contributed by atoms with Crippen LogP contribution >= 0.6 is 0 Å².